The first-order valence-corrected chi connectivity index (χ1v) is 13.6. The predicted octanol–water partition coefficient (Wildman–Crippen LogP) is 7.48. The minimum atomic E-state index is -1.88. The third-order valence-electron chi connectivity index (χ3n) is 6.06. The quantitative estimate of drug-likeness (QED) is 0.230. The summed E-state index contributed by atoms with van der Waals surface area (Å²) in [5.41, 5.74) is 3.31. The lowest BCUT2D eigenvalue weighted by atomic mass is 10.1. The molecule has 1 aromatic heterocycles. The third-order valence-corrected chi connectivity index (χ3v) is 10.6. The van der Waals surface area contributed by atoms with Crippen LogP contribution in [0.4, 0.5) is 17.2 Å². The molecule has 0 saturated carbocycles. The number of nitrogens with zero attached hydrogens (tertiary/aromatic N) is 2. The highest BCUT2D eigenvalue weighted by Crippen LogP contribution is 2.39. The molecular formula is C25H31N3O3Si. The van der Waals surface area contributed by atoms with Gasteiger partial charge in [-0.15, -0.1) is 0 Å². The van der Waals surface area contributed by atoms with E-state index in [1.165, 1.54) is 6.07 Å². The van der Waals surface area contributed by atoms with E-state index in [9.17, 15) is 10.1 Å². The number of aromatic nitrogens is 1. The Morgan fingerprint density at radius 2 is 1.62 bits per heavy atom. The van der Waals surface area contributed by atoms with Gasteiger partial charge in [-0.25, -0.2) is 4.98 Å². The fraction of sp³-hybridized carbons (Fsp3) is 0.320. The zero-order valence-electron chi connectivity index (χ0n) is 19.5. The van der Waals surface area contributed by atoms with Crippen LogP contribution in [0.3, 0.4) is 0 Å². The maximum Gasteiger partial charge on any atom is 0.311 e. The van der Waals surface area contributed by atoms with Gasteiger partial charge in [-0.1, -0.05) is 63.2 Å². The Morgan fingerprint density at radius 1 is 1.00 bits per heavy atom. The van der Waals surface area contributed by atoms with Crippen molar-refractivity contribution in [1.29, 1.82) is 0 Å². The van der Waals surface area contributed by atoms with Gasteiger partial charge in [0.25, 0.3) is 0 Å². The standard InChI is InChI=1S/C25H31N3O3Si/c1-18(31-32(5,6)25(2,3)4)19-12-14-21(15-13-19)26-24-23(28(29)30)17-16-22(27-24)20-10-8-7-9-11-20/h7-18H,1-6H3,(H,26,27). The predicted molar refractivity (Wildman–Crippen MR) is 133 cm³/mol. The summed E-state index contributed by atoms with van der Waals surface area (Å²) < 4.78 is 6.48. The highest BCUT2D eigenvalue weighted by molar-refractivity contribution is 6.74. The van der Waals surface area contributed by atoms with Gasteiger partial charge in [-0.3, -0.25) is 10.1 Å². The van der Waals surface area contributed by atoms with Crippen LogP contribution < -0.4 is 5.32 Å². The summed E-state index contributed by atoms with van der Waals surface area (Å²) in [5.74, 6) is 0.217. The topological polar surface area (TPSA) is 77.3 Å². The summed E-state index contributed by atoms with van der Waals surface area (Å²) in [5, 5.41) is 14.8. The van der Waals surface area contributed by atoms with Gasteiger partial charge in [0.15, 0.2) is 8.32 Å². The summed E-state index contributed by atoms with van der Waals surface area (Å²) in [6.07, 6.45) is -0.0289. The van der Waals surface area contributed by atoms with Gasteiger partial charge in [-0.05, 0) is 48.8 Å². The highest BCUT2D eigenvalue weighted by atomic mass is 28.4. The van der Waals surface area contributed by atoms with Gasteiger partial charge in [0.1, 0.15) is 0 Å². The fourth-order valence-corrected chi connectivity index (χ4v) is 4.50. The lowest BCUT2D eigenvalue weighted by Gasteiger charge is -2.38. The second kappa shape index (κ2) is 9.22. The molecule has 0 amide bonds. The molecule has 0 aliphatic rings. The molecule has 0 spiro atoms. The summed E-state index contributed by atoms with van der Waals surface area (Å²) in [4.78, 5) is 15.6. The first-order chi connectivity index (χ1) is 15.0. The van der Waals surface area contributed by atoms with Gasteiger partial charge in [0, 0.05) is 17.3 Å². The van der Waals surface area contributed by atoms with Crippen molar-refractivity contribution in [3.63, 3.8) is 0 Å². The van der Waals surface area contributed by atoms with Crippen molar-refractivity contribution in [2.45, 2.75) is 51.9 Å². The number of pyridine rings is 1. The van der Waals surface area contributed by atoms with Crippen molar-refractivity contribution < 1.29 is 9.35 Å². The van der Waals surface area contributed by atoms with Crippen molar-refractivity contribution in [2.24, 2.45) is 0 Å². The summed E-state index contributed by atoms with van der Waals surface area (Å²) in [6.45, 7) is 13.2. The van der Waals surface area contributed by atoms with Crippen LogP contribution in [0.5, 0.6) is 0 Å². The Kier molecular flexibility index (Phi) is 6.81. The van der Waals surface area contributed by atoms with Crippen LogP contribution in [0.2, 0.25) is 18.1 Å². The number of hydrogen-bond donors (Lipinski definition) is 1. The molecule has 32 heavy (non-hydrogen) atoms. The smallest absolute Gasteiger partial charge is 0.311 e. The normalized spacial score (nSPS) is 12.9. The van der Waals surface area contributed by atoms with E-state index in [2.05, 4.69) is 51.1 Å². The second-order valence-electron chi connectivity index (χ2n) is 9.45. The van der Waals surface area contributed by atoms with Crippen LogP contribution in [-0.2, 0) is 4.43 Å². The molecule has 7 heteroatoms. The molecule has 1 heterocycles. The SMILES string of the molecule is CC(O[Si](C)(C)C(C)(C)C)c1ccc(Nc2nc(-c3ccccc3)ccc2[N+](=O)[O-])cc1. The molecule has 0 bridgehead atoms. The van der Waals surface area contributed by atoms with Crippen molar-refractivity contribution in [3.05, 3.63) is 82.4 Å². The van der Waals surface area contributed by atoms with Crippen molar-refractivity contribution in [2.75, 3.05) is 5.32 Å². The van der Waals surface area contributed by atoms with Crippen LogP contribution >= 0.6 is 0 Å². The van der Waals surface area contributed by atoms with Crippen molar-refractivity contribution in [3.8, 4) is 11.3 Å². The monoisotopic (exact) mass is 449 g/mol. The van der Waals surface area contributed by atoms with Gasteiger partial charge < -0.3 is 9.74 Å². The van der Waals surface area contributed by atoms with Gasteiger partial charge in [-0.2, -0.15) is 0 Å². The van der Waals surface area contributed by atoms with E-state index in [1.807, 2.05) is 54.6 Å². The molecule has 1 unspecified atom stereocenters. The zero-order valence-corrected chi connectivity index (χ0v) is 20.5. The Morgan fingerprint density at radius 3 is 2.19 bits per heavy atom. The third kappa shape index (κ3) is 5.41. The summed E-state index contributed by atoms with van der Waals surface area (Å²) in [6, 6.07) is 20.6. The number of benzene rings is 2. The van der Waals surface area contributed by atoms with Gasteiger partial charge >= 0.3 is 5.69 Å². The van der Waals surface area contributed by atoms with Gasteiger partial charge in [0.2, 0.25) is 5.82 Å². The van der Waals surface area contributed by atoms with E-state index >= 15 is 0 Å². The lowest BCUT2D eigenvalue weighted by molar-refractivity contribution is -0.384. The van der Waals surface area contributed by atoms with Crippen LogP contribution in [0.15, 0.2) is 66.7 Å². The van der Waals surface area contributed by atoms with Crippen molar-refractivity contribution in [1.82, 2.24) is 4.98 Å². The maximum atomic E-state index is 11.5. The maximum absolute atomic E-state index is 11.5. The zero-order chi connectivity index (χ0) is 23.5. The Hall–Kier alpha value is -3.03. The van der Waals surface area contributed by atoms with Crippen LogP contribution in [0, 0.1) is 10.1 Å². The summed E-state index contributed by atoms with van der Waals surface area (Å²) >= 11 is 0. The average molecular weight is 450 g/mol. The minimum Gasteiger partial charge on any atom is -0.410 e. The molecule has 168 valence electrons. The Labute approximate surface area is 191 Å². The number of hydrogen-bond acceptors (Lipinski definition) is 5. The van der Waals surface area contributed by atoms with E-state index in [1.54, 1.807) is 6.07 Å². The fourth-order valence-electron chi connectivity index (χ4n) is 3.12. The molecule has 0 aliphatic carbocycles. The number of anilines is 2. The van der Waals surface area contributed by atoms with Crippen molar-refractivity contribution >= 4 is 25.5 Å². The number of nitro groups is 1. The number of rotatable bonds is 7. The number of nitrogens with one attached hydrogen (secondary N) is 1. The van der Waals surface area contributed by atoms with E-state index in [0.717, 1.165) is 16.8 Å². The highest BCUT2D eigenvalue weighted by Gasteiger charge is 2.38. The van der Waals surface area contributed by atoms with E-state index in [4.69, 9.17) is 4.43 Å². The molecule has 1 atom stereocenters. The molecule has 0 saturated heterocycles. The summed E-state index contributed by atoms with van der Waals surface area (Å²) in [7, 11) is -1.88. The Bertz CT molecular complexity index is 1080. The van der Waals surface area contributed by atoms with E-state index in [0.29, 0.717) is 5.69 Å². The minimum absolute atomic E-state index is 0.0289. The lowest BCUT2D eigenvalue weighted by Crippen LogP contribution is -2.41. The molecule has 0 fully saturated rings. The first kappa shape index (κ1) is 23.6. The Balaban J connectivity index is 1.82. The van der Waals surface area contributed by atoms with Gasteiger partial charge in [0.05, 0.1) is 16.7 Å². The molecule has 1 N–H and O–H groups in total. The molecule has 3 aromatic rings. The van der Waals surface area contributed by atoms with Crippen LogP contribution in [-0.4, -0.2) is 18.2 Å². The van der Waals surface area contributed by atoms with E-state index < -0.39 is 13.2 Å². The van der Waals surface area contributed by atoms with Crippen LogP contribution in [0.1, 0.15) is 39.4 Å². The molecule has 6 nitrogen and oxygen atoms in total. The largest absolute Gasteiger partial charge is 0.410 e. The van der Waals surface area contributed by atoms with Crippen LogP contribution in [0.25, 0.3) is 11.3 Å². The molecule has 0 radical (unpaired) electrons. The molecule has 3 rings (SSSR count). The molecule has 2 aromatic carbocycles. The molecule has 0 aliphatic heterocycles. The molecular weight excluding hydrogens is 418 g/mol. The second-order valence-corrected chi connectivity index (χ2v) is 14.2. The average Bonchev–Trinajstić information content (AvgIpc) is 2.73. The van der Waals surface area contributed by atoms with E-state index in [-0.39, 0.29) is 22.6 Å². The first-order valence-electron chi connectivity index (χ1n) is 10.7.